The molecule has 0 unspecified atom stereocenters. The Labute approximate surface area is 310 Å². The summed E-state index contributed by atoms with van der Waals surface area (Å²) in [6, 6.07) is 15.1. The van der Waals surface area contributed by atoms with Crippen molar-refractivity contribution in [2.75, 3.05) is 48.1 Å². The molecule has 0 bridgehead atoms. The van der Waals surface area contributed by atoms with Gasteiger partial charge >= 0.3 is 0 Å². The average Bonchev–Trinajstić information content (AvgIpc) is 3.47. The third-order valence-electron chi connectivity index (χ3n) is 11.0. The number of carbonyl (C=O) groups excluding carboxylic acids is 4. The molecule has 3 saturated heterocycles. The van der Waals surface area contributed by atoms with Crippen LogP contribution in [0, 0.1) is 23.6 Å². The maximum absolute atomic E-state index is 14.6. The highest BCUT2D eigenvalue weighted by molar-refractivity contribution is 9.10. The van der Waals surface area contributed by atoms with Gasteiger partial charge in [0.1, 0.15) is 5.82 Å². The molecule has 1 saturated carbocycles. The summed E-state index contributed by atoms with van der Waals surface area (Å²) in [5.41, 5.74) is 2.07. The van der Waals surface area contributed by atoms with Gasteiger partial charge in [0.15, 0.2) is 21.2 Å². The van der Waals surface area contributed by atoms with Crippen molar-refractivity contribution in [3.63, 3.8) is 0 Å². The zero-order valence-corrected chi connectivity index (χ0v) is 30.3. The molecule has 51 heavy (non-hydrogen) atoms. The van der Waals surface area contributed by atoms with E-state index >= 15 is 0 Å². The van der Waals surface area contributed by atoms with Crippen LogP contribution in [0.4, 0.5) is 21.5 Å². The number of methoxy groups -OCH3 is 1. The molecule has 5 aliphatic rings. The van der Waals surface area contributed by atoms with E-state index in [1.807, 2.05) is 12.1 Å². The van der Waals surface area contributed by atoms with Crippen LogP contribution in [0.3, 0.4) is 0 Å². The largest absolute Gasteiger partial charge is 0.504 e. The van der Waals surface area contributed by atoms with E-state index in [2.05, 4.69) is 20.8 Å². The van der Waals surface area contributed by atoms with Crippen LogP contribution in [0.25, 0.3) is 0 Å². The number of alkyl halides is 2. The second-order valence-electron chi connectivity index (χ2n) is 13.4. The van der Waals surface area contributed by atoms with Crippen LogP contribution in [-0.4, -0.2) is 71.9 Å². The third-order valence-corrected chi connectivity index (χ3v) is 12.9. The number of phenols is 1. The number of aromatic hydroxyl groups is 1. The van der Waals surface area contributed by atoms with E-state index in [0.29, 0.717) is 28.9 Å². The number of phenolic OH excluding ortho intramolecular Hbond substituents is 1. The van der Waals surface area contributed by atoms with Crippen molar-refractivity contribution >= 4 is 79.8 Å². The van der Waals surface area contributed by atoms with Gasteiger partial charge in [0.05, 0.1) is 43.5 Å². The number of halogens is 4. The van der Waals surface area contributed by atoms with E-state index in [-0.39, 0.29) is 41.5 Å². The number of rotatable bonds is 5. The number of fused-ring (bicyclic) bond motifs is 4. The van der Waals surface area contributed by atoms with Gasteiger partial charge in [0, 0.05) is 34.7 Å². The number of hydrogen-bond donors (Lipinski definition) is 1. The maximum Gasteiger partial charge on any atom is 0.258 e. The Balaban J connectivity index is 1.24. The van der Waals surface area contributed by atoms with Crippen molar-refractivity contribution in [1.29, 1.82) is 0 Å². The SMILES string of the molecule is COc1cc(Br)cc([C@H]2C3=CC[C@@H]4C(=O)N(c5ccc(N6CCOCC6)cc5)C(=O)[C@@H]4[C@@H]3C[C@@]3(Cl)C(=O)N(c4ccc(F)cc4)C(=O)[C@@]23Cl)c1O. The summed E-state index contributed by atoms with van der Waals surface area (Å²) in [6.07, 6.45) is 1.69. The molecule has 4 fully saturated rings. The fraction of sp³-hybridized carbons (Fsp3) is 0.351. The second-order valence-corrected chi connectivity index (χ2v) is 15.6. The fourth-order valence-electron chi connectivity index (χ4n) is 8.60. The lowest BCUT2D eigenvalue weighted by molar-refractivity contribution is -0.125. The van der Waals surface area contributed by atoms with Crippen molar-refractivity contribution in [3.05, 3.63) is 88.2 Å². The summed E-state index contributed by atoms with van der Waals surface area (Å²) in [6.45, 7) is 2.67. The summed E-state index contributed by atoms with van der Waals surface area (Å²) < 4.78 is 25.3. The highest BCUT2D eigenvalue weighted by Gasteiger charge is 2.77. The molecule has 3 aromatic rings. The number of hydrogen-bond acceptors (Lipinski definition) is 8. The molecule has 14 heteroatoms. The van der Waals surface area contributed by atoms with Crippen LogP contribution in [-0.2, 0) is 23.9 Å². The summed E-state index contributed by atoms with van der Waals surface area (Å²) in [7, 11) is 1.37. The van der Waals surface area contributed by atoms with Gasteiger partial charge in [-0.1, -0.05) is 27.6 Å². The third kappa shape index (κ3) is 4.89. The Morgan fingerprint density at radius 2 is 1.51 bits per heavy atom. The lowest BCUT2D eigenvalue weighted by atomic mass is 9.56. The minimum atomic E-state index is -2.21. The summed E-state index contributed by atoms with van der Waals surface area (Å²) in [4.78, 5) is 57.5. The molecular weight excluding hydrogens is 768 g/mol. The predicted molar refractivity (Wildman–Crippen MR) is 191 cm³/mol. The zero-order valence-electron chi connectivity index (χ0n) is 27.2. The molecule has 3 aliphatic heterocycles. The summed E-state index contributed by atoms with van der Waals surface area (Å²) >= 11 is 18.3. The van der Waals surface area contributed by atoms with E-state index in [1.165, 1.54) is 30.2 Å². The Hall–Kier alpha value is -3.97. The number of amides is 4. The fourth-order valence-corrected chi connectivity index (χ4v) is 9.98. The normalized spacial score (nSPS) is 30.3. The average molecular weight is 799 g/mol. The number of carbonyl (C=O) groups is 4. The Morgan fingerprint density at radius 1 is 0.882 bits per heavy atom. The molecule has 3 aromatic carbocycles. The first-order chi connectivity index (χ1) is 24.4. The van der Waals surface area contributed by atoms with Crippen molar-refractivity contribution in [2.24, 2.45) is 17.8 Å². The number of anilines is 3. The zero-order chi connectivity index (χ0) is 36.0. The van der Waals surface area contributed by atoms with E-state index in [4.69, 9.17) is 32.7 Å². The molecule has 1 N–H and O–H groups in total. The lowest BCUT2D eigenvalue weighted by Crippen LogP contribution is -2.60. The maximum atomic E-state index is 14.6. The van der Waals surface area contributed by atoms with Gasteiger partial charge in [-0.2, -0.15) is 0 Å². The van der Waals surface area contributed by atoms with Gasteiger partial charge in [-0.05, 0) is 79.4 Å². The number of nitrogens with zero attached hydrogens (tertiary/aromatic N) is 3. The van der Waals surface area contributed by atoms with Gasteiger partial charge in [0.2, 0.25) is 11.8 Å². The highest BCUT2D eigenvalue weighted by Crippen LogP contribution is 2.67. The molecule has 8 rings (SSSR count). The molecule has 0 radical (unpaired) electrons. The summed E-state index contributed by atoms with van der Waals surface area (Å²) in [5, 5.41) is 11.6. The van der Waals surface area contributed by atoms with Crippen LogP contribution in [0.5, 0.6) is 11.5 Å². The molecule has 0 spiro atoms. The Kier molecular flexibility index (Phi) is 8.25. The molecule has 6 atom stereocenters. The van der Waals surface area contributed by atoms with Crippen molar-refractivity contribution < 1.29 is 38.1 Å². The van der Waals surface area contributed by atoms with Gasteiger partial charge in [-0.3, -0.25) is 24.1 Å². The topological polar surface area (TPSA) is 117 Å². The van der Waals surface area contributed by atoms with Crippen LogP contribution in [0.1, 0.15) is 24.3 Å². The van der Waals surface area contributed by atoms with E-state index < -0.39 is 57.0 Å². The Bertz CT molecular complexity index is 2030. The minimum absolute atomic E-state index is 0.0595. The quantitative estimate of drug-likeness (QED) is 0.193. The van der Waals surface area contributed by atoms with Crippen LogP contribution in [0.2, 0.25) is 0 Å². The molecule has 10 nitrogen and oxygen atoms in total. The number of benzene rings is 3. The molecule has 0 aromatic heterocycles. The van der Waals surface area contributed by atoms with Crippen molar-refractivity contribution in [1.82, 2.24) is 0 Å². The molecule has 2 aliphatic carbocycles. The van der Waals surface area contributed by atoms with Gasteiger partial charge in [-0.25, -0.2) is 9.29 Å². The number of allylic oxidation sites excluding steroid dienone is 2. The summed E-state index contributed by atoms with van der Waals surface area (Å²) in [5.74, 6) is -7.14. The standard InChI is InChI=1S/C37H31BrCl2FN3O7/c1-50-28-17-19(38)16-26(31(28)45)30-24-10-11-25-29(33(47)43(32(25)46)22-8-6-21(7-9-22)42-12-14-51-15-13-42)27(24)18-36(39)34(48)44(35(49)37(30,36)40)23-4-2-20(41)3-5-23/h2-10,16-17,25,27,29-30,45H,11-15,18H2,1H3/t25-,27+,29-,30+,36+,37-/m0/s1. The monoisotopic (exact) mass is 797 g/mol. The van der Waals surface area contributed by atoms with Gasteiger partial charge in [-0.15, -0.1) is 23.2 Å². The number of ether oxygens (including phenoxy) is 2. The first kappa shape index (κ1) is 34.1. The van der Waals surface area contributed by atoms with Gasteiger partial charge < -0.3 is 19.5 Å². The first-order valence-electron chi connectivity index (χ1n) is 16.5. The van der Waals surface area contributed by atoms with Crippen LogP contribution >= 0.6 is 39.1 Å². The van der Waals surface area contributed by atoms with Crippen molar-refractivity contribution in [3.8, 4) is 11.5 Å². The highest BCUT2D eigenvalue weighted by atomic mass is 79.9. The predicted octanol–water partition coefficient (Wildman–Crippen LogP) is 5.91. The number of imide groups is 2. The molecule has 264 valence electrons. The second kappa shape index (κ2) is 12.3. The molecule has 4 amide bonds. The molecular formula is C37H31BrCl2FN3O7. The number of morpholine rings is 1. The van der Waals surface area contributed by atoms with E-state index in [0.717, 1.165) is 35.8 Å². The van der Waals surface area contributed by atoms with Crippen molar-refractivity contribution in [2.45, 2.75) is 28.5 Å². The lowest BCUT2D eigenvalue weighted by Gasteiger charge is -2.50. The van der Waals surface area contributed by atoms with Crippen LogP contribution in [0.15, 0.2) is 76.8 Å². The van der Waals surface area contributed by atoms with Crippen LogP contribution < -0.4 is 19.4 Å². The van der Waals surface area contributed by atoms with E-state index in [9.17, 15) is 28.7 Å². The van der Waals surface area contributed by atoms with E-state index in [1.54, 1.807) is 24.3 Å². The van der Waals surface area contributed by atoms with Gasteiger partial charge in [0.25, 0.3) is 11.8 Å². The minimum Gasteiger partial charge on any atom is -0.504 e. The first-order valence-corrected chi connectivity index (χ1v) is 18.0. The smallest absolute Gasteiger partial charge is 0.258 e. The Morgan fingerprint density at radius 3 is 2.18 bits per heavy atom. The molecule has 3 heterocycles.